The monoisotopic (exact) mass is 114 g/mol. The summed E-state index contributed by atoms with van der Waals surface area (Å²) < 4.78 is 0.194. The normalized spacial score (nSPS) is 10.0. The Hall–Kier alpha value is 1.35. The first-order valence-corrected chi connectivity index (χ1v) is 2.17. The van der Waals surface area contributed by atoms with Crippen LogP contribution in [0.25, 0.3) is 0 Å². The first kappa shape index (κ1) is 10.4. The van der Waals surface area contributed by atoms with Gasteiger partial charge in [0.2, 0.25) is 0 Å². The molecule has 0 aromatic heterocycles. The number of hydrogen-bond donors (Lipinski definition) is 1. The average Bonchev–Trinajstić information content (AvgIpc) is 0.722. The van der Waals surface area contributed by atoms with E-state index >= 15 is 0 Å². The third kappa shape index (κ3) is 55.5. The van der Waals surface area contributed by atoms with Crippen LogP contribution in [0.1, 0.15) is 20.8 Å². The first-order valence-electron chi connectivity index (χ1n) is 1.72. The van der Waals surface area contributed by atoms with Crippen molar-refractivity contribution in [3.63, 3.8) is 0 Å². The van der Waals surface area contributed by atoms with Gasteiger partial charge >= 0.3 is 29.6 Å². The SMILES string of the molecule is CC(C)(C)S.[NaH]. The second kappa shape index (κ2) is 3.36. The van der Waals surface area contributed by atoms with E-state index in [2.05, 4.69) is 33.4 Å². The molecule has 0 radical (unpaired) electrons. The van der Waals surface area contributed by atoms with Gasteiger partial charge in [0.05, 0.1) is 0 Å². The van der Waals surface area contributed by atoms with Crippen molar-refractivity contribution in [2.75, 3.05) is 0 Å². The predicted molar refractivity (Wildman–Crippen MR) is 35.9 cm³/mol. The van der Waals surface area contributed by atoms with Gasteiger partial charge in [-0.05, 0) is 0 Å². The molecular weight excluding hydrogens is 103 g/mol. The van der Waals surface area contributed by atoms with E-state index in [0.29, 0.717) is 0 Å². The van der Waals surface area contributed by atoms with E-state index in [9.17, 15) is 0 Å². The summed E-state index contributed by atoms with van der Waals surface area (Å²) in [6, 6.07) is 0. The Morgan fingerprint density at radius 1 is 1.17 bits per heavy atom. The fourth-order valence-corrected chi connectivity index (χ4v) is 0. The zero-order chi connectivity index (χ0) is 4.50. The maximum absolute atomic E-state index is 4.12. The standard InChI is InChI=1S/C4H10S.Na.H/c1-4(2,3)5;;/h5H,1-3H3;;. The van der Waals surface area contributed by atoms with Crippen molar-refractivity contribution in [1.82, 2.24) is 0 Å². The molecular formula is C4H11NaS. The van der Waals surface area contributed by atoms with Crippen LogP contribution in [-0.2, 0) is 0 Å². The summed E-state index contributed by atoms with van der Waals surface area (Å²) in [5.74, 6) is 0. The van der Waals surface area contributed by atoms with Gasteiger partial charge in [-0.3, -0.25) is 0 Å². The molecule has 0 aliphatic heterocycles. The Balaban J connectivity index is 0. The maximum atomic E-state index is 4.12. The second-order valence-electron chi connectivity index (χ2n) is 2.17. The van der Waals surface area contributed by atoms with Crippen LogP contribution in [0.5, 0.6) is 0 Å². The van der Waals surface area contributed by atoms with Crippen LogP contribution in [0.3, 0.4) is 0 Å². The van der Waals surface area contributed by atoms with Gasteiger partial charge in [-0.15, -0.1) is 0 Å². The third-order valence-corrected chi connectivity index (χ3v) is 0. The second-order valence-corrected chi connectivity index (χ2v) is 3.51. The number of thiol groups is 1. The van der Waals surface area contributed by atoms with E-state index in [-0.39, 0.29) is 34.3 Å². The van der Waals surface area contributed by atoms with Crippen molar-refractivity contribution in [3.05, 3.63) is 0 Å². The Bertz CT molecular complexity index is 23.0. The van der Waals surface area contributed by atoms with Gasteiger partial charge in [0.25, 0.3) is 0 Å². The van der Waals surface area contributed by atoms with E-state index in [4.69, 9.17) is 0 Å². The minimum absolute atomic E-state index is 0. The van der Waals surface area contributed by atoms with Crippen LogP contribution in [0.4, 0.5) is 0 Å². The van der Waals surface area contributed by atoms with Crippen LogP contribution in [0, 0.1) is 0 Å². The van der Waals surface area contributed by atoms with Crippen molar-refractivity contribution in [1.29, 1.82) is 0 Å². The van der Waals surface area contributed by atoms with Gasteiger partial charge < -0.3 is 0 Å². The quantitative estimate of drug-likeness (QED) is 0.353. The summed E-state index contributed by atoms with van der Waals surface area (Å²) in [5, 5.41) is 0. The van der Waals surface area contributed by atoms with E-state index in [0.717, 1.165) is 0 Å². The summed E-state index contributed by atoms with van der Waals surface area (Å²) >= 11 is 4.12. The van der Waals surface area contributed by atoms with Crippen molar-refractivity contribution in [2.24, 2.45) is 0 Å². The summed E-state index contributed by atoms with van der Waals surface area (Å²) in [7, 11) is 0. The zero-order valence-electron chi connectivity index (χ0n) is 3.95. The first-order chi connectivity index (χ1) is 2.00. The molecule has 0 N–H and O–H groups in total. The molecule has 0 spiro atoms. The van der Waals surface area contributed by atoms with Crippen LogP contribution in [0.2, 0.25) is 0 Å². The van der Waals surface area contributed by atoms with Gasteiger partial charge in [0.1, 0.15) is 0 Å². The number of hydrogen-bond acceptors (Lipinski definition) is 1. The predicted octanol–water partition coefficient (Wildman–Crippen LogP) is 1.07. The van der Waals surface area contributed by atoms with E-state index in [1.54, 1.807) is 0 Å². The molecule has 0 aliphatic rings. The van der Waals surface area contributed by atoms with Crippen molar-refractivity contribution >= 4 is 42.2 Å². The Morgan fingerprint density at radius 3 is 1.17 bits per heavy atom. The zero-order valence-corrected chi connectivity index (χ0v) is 4.84. The molecule has 0 saturated carbocycles. The molecule has 34 valence electrons. The minimum atomic E-state index is 0. The Kier molecular flexibility index (Phi) is 5.81. The van der Waals surface area contributed by atoms with Gasteiger partial charge in [-0.1, -0.05) is 20.8 Å². The Morgan fingerprint density at radius 2 is 1.17 bits per heavy atom. The van der Waals surface area contributed by atoms with Crippen molar-refractivity contribution in [2.45, 2.75) is 25.5 Å². The van der Waals surface area contributed by atoms with Crippen molar-refractivity contribution < 1.29 is 0 Å². The van der Waals surface area contributed by atoms with Crippen LogP contribution < -0.4 is 0 Å². The molecule has 0 atom stereocenters. The topological polar surface area (TPSA) is 0 Å². The molecule has 0 aliphatic carbocycles. The molecule has 0 amide bonds. The number of rotatable bonds is 0. The molecule has 0 rings (SSSR count). The van der Waals surface area contributed by atoms with E-state index < -0.39 is 0 Å². The van der Waals surface area contributed by atoms with Crippen LogP contribution in [0.15, 0.2) is 0 Å². The molecule has 0 fully saturated rings. The fourth-order valence-electron chi connectivity index (χ4n) is 0. The summed E-state index contributed by atoms with van der Waals surface area (Å²) in [6.45, 7) is 6.16. The molecule has 0 bridgehead atoms. The van der Waals surface area contributed by atoms with Crippen molar-refractivity contribution in [3.8, 4) is 0 Å². The van der Waals surface area contributed by atoms with Gasteiger partial charge in [0.15, 0.2) is 0 Å². The molecule has 6 heavy (non-hydrogen) atoms. The molecule has 0 nitrogen and oxygen atoms in total. The third-order valence-electron chi connectivity index (χ3n) is 0. The van der Waals surface area contributed by atoms with Gasteiger partial charge in [-0.2, -0.15) is 12.6 Å². The van der Waals surface area contributed by atoms with Crippen LogP contribution >= 0.6 is 12.6 Å². The molecule has 0 aromatic carbocycles. The Labute approximate surface area is 67.4 Å². The molecule has 0 saturated heterocycles. The molecule has 0 aromatic rings. The van der Waals surface area contributed by atoms with Gasteiger partial charge in [-0.25, -0.2) is 0 Å². The van der Waals surface area contributed by atoms with E-state index in [1.807, 2.05) is 0 Å². The summed E-state index contributed by atoms with van der Waals surface area (Å²) in [5.41, 5.74) is 0. The molecule has 2 heteroatoms. The summed E-state index contributed by atoms with van der Waals surface area (Å²) in [4.78, 5) is 0. The molecule has 0 unspecified atom stereocenters. The molecule has 0 heterocycles. The summed E-state index contributed by atoms with van der Waals surface area (Å²) in [6.07, 6.45) is 0. The fraction of sp³-hybridized carbons (Fsp3) is 1.00. The van der Waals surface area contributed by atoms with Gasteiger partial charge in [0, 0.05) is 4.75 Å². The van der Waals surface area contributed by atoms with Crippen LogP contribution in [-0.4, -0.2) is 34.3 Å². The van der Waals surface area contributed by atoms with E-state index in [1.165, 1.54) is 0 Å². The average molecular weight is 114 g/mol.